The number of pyridine rings is 1. The molecular weight excluding hydrogens is 209 g/mol. The molecule has 0 saturated heterocycles. The molecule has 0 fully saturated rings. The van der Waals surface area contributed by atoms with Gasteiger partial charge in [-0.3, -0.25) is 4.98 Å². The molecule has 1 aromatic heterocycles. The smallest absolute Gasteiger partial charge is 0.147 e. The van der Waals surface area contributed by atoms with Gasteiger partial charge in [0.2, 0.25) is 0 Å². The molecule has 1 N–H and O–H groups in total. The van der Waals surface area contributed by atoms with Gasteiger partial charge in [0.15, 0.2) is 0 Å². The van der Waals surface area contributed by atoms with Gasteiger partial charge in [0.05, 0.1) is 11.8 Å². The molecule has 0 aliphatic rings. The minimum Gasteiger partial charge on any atom is -0.385 e. The second kappa shape index (κ2) is 5.37. The molecular formula is C12H18FNO2. The van der Waals surface area contributed by atoms with Crippen LogP contribution in [0.4, 0.5) is 4.39 Å². The lowest BCUT2D eigenvalue weighted by molar-refractivity contribution is -0.111. The van der Waals surface area contributed by atoms with E-state index >= 15 is 0 Å². The number of aliphatic hydroxyl groups excluding tert-OH is 1. The highest BCUT2D eigenvalue weighted by Crippen LogP contribution is 2.35. The van der Waals surface area contributed by atoms with Crippen LogP contribution in [0, 0.1) is 5.82 Å². The Morgan fingerprint density at radius 3 is 2.56 bits per heavy atom. The monoisotopic (exact) mass is 227 g/mol. The zero-order chi connectivity index (χ0) is 12.2. The Hall–Kier alpha value is -1.00. The number of rotatable bonds is 5. The Kier molecular flexibility index (Phi) is 4.38. The van der Waals surface area contributed by atoms with Gasteiger partial charge in [-0.2, -0.15) is 0 Å². The van der Waals surface area contributed by atoms with Crippen molar-refractivity contribution in [1.29, 1.82) is 0 Å². The van der Waals surface area contributed by atoms with Crippen LogP contribution < -0.4 is 0 Å². The molecule has 1 rings (SSSR count). The van der Waals surface area contributed by atoms with E-state index in [9.17, 15) is 9.50 Å². The SMILES string of the molecule is CCC(CC)(OC)C(O)c1ccncc1F. The van der Waals surface area contributed by atoms with Gasteiger partial charge in [-0.25, -0.2) is 4.39 Å². The van der Waals surface area contributed by atoms with Crippen LogP contribution in [0.1, 0.15) is 38.4 Å². The molecule has 0 aliphatic heterocycles. The number of halogens is 1. The summed E-state index contributed by atoms with van der Waals surface area (Å²) in [5.41, 5.74) is -0.497. The third-order valence-electron chi connectivity index (χ3n) is 3.20. The van der Waals surface area contributed by atoms with E-state index in [1.807, 2.05) is 13.8 Å². The lowest BCUT2D eigenvalue weighted by Gasteiger charge is -2.35. The summed E-state index contributed by atoms with van der Waals surface area (Å²) in [6.07, 6.45) is 2.82. The predicted octanol–water partition coefficient (Wildman–Crippen LogP) is 2.46. The van der Waals surface area contributed by atoms with Crippen LogP contribution in [0.2, 0.25) is 0 Å². The first-order valence-corrected chi connectivity index (χ1v) is 5.44. The van der Waals surface area contributed by atoms with Crippen molar-refractivity contribution < 1.29 is 14.2 Å². The highest BCUT2D eigenvalue weighted by atomic mass is 19.1. The maximum absolute atomic E-state index is 13.5. The topological polar surface area (TPSA) is 42.4 Å². The third kappa shape index (κ3) is 2.23. The summed E-state index contributed by atoms with van der Waals surface area (Å²) >= 11 is 0. The maximum atomic E-state index is 13.5. The minimum atomic E-state index is -0.976. The molecule has 90 valence electrons. The fourth-order valence-corrected chi connectivity index (χ4v) is 1.93. The molecule has 0 radical (unpaired) electrons. The predicted molar refractivity (Wildman–Crippen MR) is 59.5 cm³/mol. The van der Waals surface area contributed by atoms with Gasteiger partial charge in [-0.1, -0.05) is 13.8 Å². The highest BCUT2D eigenvalue weighted by molar-refractivity contribution is 5.19. The van der Waals surface area contributed by atoms with E-state index in [1.54, 1.807) is 0 Å². The van der Waals surface area contributed by atoms with Gasteiger partial charge in [-0.15, -0.1) is 0 Å². The van der Waals surface area contributed by atoms with E-state index in [0.29, 0.717) is 12.8 Å². The number of methoxy groups -OCH3 is 1. The maximum Gasteiger partial charge on any atom is 0.147 e. The lowest BCUT2D eigenvalue weighted by atomic mass is 9.86. The average molecular weight is 227 g/mol. The molecule has 1 heterocycles. The fourth-order valence-electron chi connectivity index (χ4n) is 1.93. The number of hydrogen-bond donors (Lipinski definition) is 1. The summed E-state index contributed by atoms with van der Waals surface area (Å²) in [5, 5.41) is 10.2. The second-order valence-corrected chi connectivity index (χ2v) is 3.78. The Bertz CT molecular complexity index is 331. The Balaban J connectivity index is 3.08. The van der Waals surface area contributed by atoms with Crippen molar-refractivity contribution in [3.05, 3.63) is 29.8 Å². The lowest BCUT2D eigenvalue weighted by Crippen LogP contribution is -2.37. The van der Waals surface area contributed by atoms with Crippen molar-refractivity contribution in [1.82, 2.24) is 4.98 Å². The van der Waals surface area contributed by atoms with Crippen LogP contribution in [-0.4, -0.2) is 22.8 Å². The zero-order valence-corrected chi connectivity index (χ0v) is 9.90. The normalized spacial score (nSPS) is 13.8. The Morgan fingerprint density at radius 1 is 1.50 bits per heavy atom. The molecule has 1 atom stereocenters. The molecule has 16 heavy (non-hydrogen) atoms. The summed E-state index contributed by atoms with van der Waals surface area (Å²) in [5.74, 6) is -0.502. The molecule has 0 spiro atoms. The standard InChI is InChI=1S/C12H18FNO2/c1-4-12(5-2,16-3)11(15)9-6-7-14-8-10(9)13/h6-8,11,15H,4-5H2,1-3H3. The largest absolute Gasteiger partial charge is 0.385 e. The van der Waals surface area contributed by atoms with Gasteiger partial charge in [0.1, 0.15) is 11.9 Å². The summed E-state index contributed by atoms with van der Waals surface area (Å²) < 4.78 is 18.9. The molecule has 4 heteroatoms. The zero-order valence-electron chi connectivity index (χ0n) is 9.90. The van der Waals surface area contributed by atoms with Crippen LogP contribution in [0.5, 0.6) is 0 Å². The Morgan fingerprint density at radius 2 is 2.12 bits per heavy atom. The molecule has 3 nitrogen and oxygen atoms in total. The van der Waals surface area contributed by atoms with E-state index < -0.39 is 17.5 Å². The van der Waals surface area contributed by atoms with Crippen LogP contribution in [0.25, 0.3) is 0 Å². The first-order valence-electron chi connectivity index (χ1n) is 5.44. The highest BCUT2D eigenvalue weighted by Gasteiger charge is 2.36. The van der Waals surface area contributed by atoms with E-state index in [1.165, 1.54) is 19.4 Å². The molecule has 0 amide bonds. The van der Waals surface area contributed by atoms with E-state index in [0.717, 1.165) is 6.20 Å². The van der Waals surface area contributed by atoms with E-state index in [4.69, 9.17) is 4.74 Å². The molecule has 0 aromatic carbocycles. The van der Waals surface area contributed by atoms with Crippen molar-refractivity contribution in [3.8, 4) is 0 Å². The first kappa shape index (κ1) is 13.1. The third-order valence-corrected chi connectivity index (χ3v) is 3.20. The van der Waals surface area contributed by atoms with Crippen molar-refractivity contribution in [2.45, 2.75) is 38.4 Å². The molecule has 1 unspecified atom stereocenters. The number of hydrogen-bond acceptors (Lipinski definition) is 3. The minimum absolute atomic E-state index is 0.237. The van der Waals surface area contributed by atoms with E-state index in [-0.39, 0.29) is 5.56 Å². The second-order valence-electron chi connectivity index (χ2n) is 3.78. The number of aliphatic hydroxyl groups is 1. The molecule has 0 aliphatic carbocycles. The van der Waals surface area contributed by atoms with Gasteiger partial charge in [0, 0.05) is 18.9 Å². The van der Waals surface area contributed by atoms with Crippen LogP contribution in [0.3, 0.4) is 0 Å². The van der Waals surface area contributed by atoms with Crippen molar-refractivity contribution in [2.24, 2.45) is 0 Å². The van der Waals surface area contributed by atoms with Gasteiger partial charge in [-0.05, 0) is 18.9 Å². The van der Waals surface area contributed by atoms with E-state index in [2.05, 4.69) is 4.98 Å². The molecule has 1 aromatic rings. The summed E-state index contributed by atoms with van der Waals surface area (Å²) in [6.45, 7) is 3.82. The molecule has 0 saturated carbocycles. The van der Waals surface area contributed by atoms with Crippen molar-refractivity contribution >= 4 is 0 Å². The van der Waals surface area contributed by atoms with Crippen LogP contribution >= 0.6 is 0 Å². The summed E-state index contributed by atoms with van der Waals surface area (Å²) in [7, 11) is 1.54. The van der Waals surface area contributed by atoms with Gasteiger partial charge >= 0.3 is 0 Å². The summed E-state index contributed by atoms with van der Waals surface area (Å²) in [6, 6.07) is 1.49. The molecule has 0 bridgehead atoms. The fraction of sp³-hybridized carbons (Fsp3) is 0.583. The average Bonchev–Trinajstić information content (AvgIpc) is 2.32. The van der Waals surface area contributed by atoms with Gasteiger partial charge in [0.25, 0.3) is 0 Å². The van der Waals surface area contributed by atoms with Crippen LogP contribution in [-0.2, 0) is 4.74 Å². The first-order chi connectivity index (χ1) is 7.61. The number of ether oxygens (including phenoxy) is 1. The quantitative estimate of drug-likeness (QED) is 0.840. The van der Waals surface area contributed by atoms with Gasteiger partial charge < -0.3 is 9.84 Å². The van der Waals surface area contributed by atoms with Crippen molar-refractivity contribution in [3.63, 3.8) is 0 Å². The van der Waals surface area contributed by atoms with Crippen molar-refractivity contribution in [2.75, 3.05) is 7.11 Å². The van der Waals surface area contributed by atoms with Crippen LogP contribution in [0.15, 0.2) is 18.5 Å². The number of aromatic nitrogens is 1. The summed E-state index contributed by atoms with van der Waals surface area (Å²) in [4.78, 5) is 3.66. The number of nitrogens with zero attached hydrogens (tertiary/aromatic N) is 1. The Labute approximate surface area is 95.3 Å².